The third-order valence-corrected chi connectivity index (χ3v) is 2.82. The monoisotopic (exact) mass is 190 g/mol. The number of aliphatic hydroxyl groups excluding tert-OH is 1. The highest BCUT2D eigenvalue weighted by atomic mass is 32.2. The van der Waals surface area contributed by atoms with Gasteiger partial charge in [-0.2, -0.15) is 0 Å². The summed E-state index contributed by atoms with van der Waals surface area (Å²) >= 11 is 1.88. The highest BCUT2D eigenvalue weighted by molar-refractivity contribution is 7.98. The van der Waals surface area contributed by atoms with Crippen LogP contribution in [0.3, 0.4) is 0 Å². The summed E-state index contributed by atoms with van der Waals surface area (Å²) in [6, 6.07) is 0. The van der Waals surface area contributed by atoms with Gasteiger partial charge in [0.2, 0.25) is 0 Å². The molecule has 0 atom stereocenters. The Hall–Kier alpha value is 0.230. The predicted octanol–water partition coefficient (Wildman–Crippen LogP) is -0.0832. The number of piperazine rings is 1. The summed E-state index contributed by atoms with van der Waals surface area (Å²) in [7, 11) is 0. The fraction of sp³-hybridized carbons (Fsp3) is 1.00. The topological polar surface area (TPSA) is 26.7 Å². The van der Waals surface area contributed by atoms with Crippen molar-refractivity contribution in [1.29, 1.82) is 0 Å². The maximum atomic E-state index is 8.73. The van der Waals surface area contributed by atoms with Gasteiger partial charge in [0.1, 0.15) is 0 Å². The van der Waals surface area contributed by atoms with Crippen molar-refractivity contribution in [3.8, 4) is 0 Å². The van der Waals surface area contributed by atoms with Gasteiger partial charge in [-0.25, -0.2) is 0 Å². The van der Waals surface area contributed by atoms with Gasteiger partial charge in [0.25, 0.3) is 0 Å². The first-order valence-corrected chi connectivity index (χ1v) is 5.80. The molecule has 1 N–H and O–H groups in total. The Morgan fingerprint density at radius 2 is 1.75 bits per heavy atom. The van der Waals surface area contributed by atoms with Gasteiger partial charge in [-0.1, -0.05) is 0 Å². The lowest BCUT2D eigenvalue weighted by atomic mass is 10.3. The maximum Gasteiger partial charge on any atom is 0.0558 e. The first-order chi connectivity index (χ1) is 5.86. The minimum atomic E-state index is 0.294. The van der Waals surface area contributed by atoms with Crippen molar-refractivity contribution in [3.05, 3.63) is 0 Å². The van der Waals surface area contributed by atoms with E-state index < -0.39 is 0 Å². The molecule has 72 valence electrons. The molecule has 1 saturated heterocycles. The number of hydrogen-bond acceptors (Lipinski definition) is 4. The molecule has 0 bridgehead atoms. The molecule has 0 spiro atoms. The molecule has 0 unspecified atom stereocenters. The second kappa shape index (κ2) is 5.80. The van der Waals surface area contributed by atoms with Crippen molar-refractivity contribution in [2.75, 3.05) is 51.5 Å². The van der Waals surface area contributed by atoms with Gasteiger partial charge in [0, 0.05) is 38.6 Å². The van der Waals surface area contributed by atoms with Crippen molar-refractivity contribution in [3.63, 3.8) is 0 Å². The van der Waals surface area contributed by atoms with Crippen LogP contribution in [0.4, 0.5) is 0 Å². The van der Waals surface area contributed by atoms with Gasteiger partial charge in [-0.05, 0) is 6.26 Å². The van der Waals surface area contributed by atoms with E-state index in [1.165, 1.54) is 0 Å². The molecule has 0 aliphatic carbocycles. The van der Waals surface area contributed by atoms with E-state index in [0.717, 1.165) is 38.6 Å². The van der Waals surface area contributed by atoms with Crippen LogP contribution < -0.4 is 0 Å². The van der Waals surface area contributed by atoms with E-state index in [0.29, 0.717) is 6.61 Å². The van der Waals surface area contributed by atoms with Crippen LogP contribution in [0, 0.1) is 0 Å². The van der Waals surface area contributed by atoms with Gasteiger partial charge in [0.05, 0.1) is 6.61 Å². The largest absolute Gasteiger partial charge is 0.395 e. The van der Waals surface area contributed by atoms with Crippen molar-refractivity contribution < 1.29 is 5.11 Å². The number of rotatable bonds is 4. The summed E-state index contributed by atoms with van der Waals surface area (Å²) in [5.41, 5.74) is 0. The van der Waals surface area contributed by atoms with E-state index in [9.17, 15) is 0 Å². The molecule has 4 heteroatoms. The van der Waals surface area contributed by atoms with E-state index in [4.69, 9.17) is 5.11 Å². The van der Waals surface area contributed by atoms with E-state index in [1.54, 1.807) is 0 Å². The highest BCUT2D eigenvalue weighted by Crippen LogP contribution is 2.04. The summed E-state index contributed by atoms with van der Waals surface area (Å²) in [6.45, 7) is 5.67. The van der Waals surface area contributed by atoms with Crippen LogP contribution in [-0.4, -0.2) is 66.4 Å². The summed E-state index contributed by atoms with van der Waals surface area (Å²) < 4.78 is 0. The Morgan fingerprint density at radius 3 is 2.25 bits per heavy atom. The van der Waals surface area contributed by atoms with Crippen LogP contribution in [-0.2, 0) is 0 Å². The van der Waals surface area contributed by atoms with Gasteiger partial charge in [-0.15, -0.1) is 11.8 Å². The summed E-state index contributed by atoms with van der Waals surface area (Å²) in [4.78, 5) is 4.77. The lowest BCUT2D eigenvalue weighted by molar-refractivity contribution is 0.125. The van der Waals surface area contributed by atoms with Crippen molar-refractivity contribution >= 4 is 11.8 Å². The van der Waals surface area contributed by atoms with Gasteiger partial charge in [0.15, 0.2) is 0 Å². The molecule has 1 rings (SSSR count). The third-order valence-electron chi connectivity index (χ3n) is 2.19. The molecule has 0 radical (unpaired) electrons. The van der Waals surface area contributed by atoms with Crippen molar-refractivity contribution in [1.82, 2.24) is 9.80 Å². The van der Waals surface area contributed by atoms with Crippen LogP contribution in [0.2, 0.25) is 0 Å². The minimum Gasteiger partial charge on any atom is -0.395 e. The van der Waals surface area contributed by atoms with E-state index in [-0.39, 0.29) is 0 Å². The number of aliphatic hydroxyl groups is 1. The van der Waals surface area contributed by atoms with Crippen molar-refractivity contribution in [2.24, 2.45) is 0 Å². The molecular weight excluding hydrogens is 172 g/mol. The molecule has 3 nitrogen and oxygen atoms in total. The quantitative estimate of drug-likeness (QED) is 0.670. The molecule has 0 saturated carbocycles. The Bertz CT molecular complexity index is 102. The number of hydrogen-bond donors (Lipinski definition) is 1. The Labute approximate surface area is 78.7 Å². The average molecular weight is 190 g/mol. The van der Waals surface area contributed by atoms with Gasteiger partial charge < -0.3 is 5.11 Å². The fourth-order valence-corrected chi connectivity index (χ4v) is 2.09. The fourth-order valence-electron chi connectivity index (χ4n) is 1.47. The molecular formula is C8H18N2OS. The zero-order valence-corrected chi connectivity index (χ0v) is 8.52. The van der Waals surface area contributed by atoms with Gasteiger partial charge >= 0.3 is 0 Å². The van der Waals surface area contributed by atoms with Crippen LogP contribution in [0.5, 0.6) is 0 Å². The first kappa shape index (κ1) is 10.3. The molecule has 1 aliphatic rings. The summed E-state index contributed by atoms with van der Waals surface area (Å²) in [5.74, 6) is 1.15. The second-order valence-corrected chi connectivity index (χ2v) is 3.94. The predicted molar refractivity (Wildman–Crippen MR) is 53.5 cm³/mol. The molecule has 1 aliphatic heterocycles. The van der Waals surface area contributed by atoms with Gasteiger partial charge in [-0.3, -0.25) is 9.80 Å². The van der Waals surface area contributed by atoms with Crippen LogP contribution in [0.15, 0.2) is 0 Å². The normalized spacial score (nSPS) is 21.5. The van der Waals surface area contributed by atoms with Crippen LogP contribution >= 0.6 is 11.8 Å². The lowest BCUT2D eigenvalue weighted by Gasteiger charge is -2.33. The number of nitrogens with zero attached hydrogens (tertiary/aromatic N) is 2. The molecule has 12 heavy (non-hydrogen) atoms. The summed E-state index contributed by atoms with van der Waals surface area (Å²) in [5, 5.41) is 8.73. The minimum absolute atomic E-state index is 0.294. The Balaban J connectivity index is 2.11. The third kappa shape index (κ3) is 3.31. The molecule has 1 fully saturated rings. The Morgan fingerprint density at radius 1 is 1.17 bits per heavy atom. The van der Waals surface area contributed by atoms with Crippen LogP contribution in [0.1, 0.15) is 0 Å². The molecule has 0 aromatic carbocycles. The molecule has 0 aromatic rings. The van der Waals surface area contributed by atoms with Crippen LogP contribution in [0.25, 0.3) is 0 Å². The zero-order valence-electron chi connectivity index (χ0n) is 7.70. The second-order valence-electron chi connectivity index (χ2n) is 3.10. The smallest absolute Gasteiger partial charge is 0.0558 e. The standard InChI is InChI=1S/C8H18N2OS/c1-12-8-10-4-2-9(3-5-10)6-7-11/h11H,2-8H2,1H3. The average Bonchev–Trinajstić information content (AvgIpc) is 2.09. The van der Waals surface area contributed by atoms with E-state index >= 15 is 0 Å². The molecule has 0 amide bonds. The molecule has 1 heterocycles. The maximum absolute atomic E-state index is 8.73. The lowest BCUT2D eigenvalue weighted by Crippen LogP contribution is -2.46. The first-order valence-electron chi connectivity index (χ1n) is 4.41. The summed E-state index contributed by atoms with van der Waals surface area (Å²) in [6.07, 6.45) is 2.14. The SMILES string of the molecule is CSCN1CCN(CCO)CC1. The van der Waals surface area contributed by atoms with E-state index in [1.807, 2.05) is 11.8 Å². The molecule has 0 aromatic heterocycles. The van der Waals surface area contributed by atoms with Crippen molar-refractivity contribution in [2.45, 2.75) is 0 Å². The number of thioether (sulfide) groups is 1. The number of β-amino-alcohol motifs (C(OH)–C–C–N with tert-alkyl or cyclic N) is 1. The highest BCUT2D eigenvalue weighted by Gasteiger charge is 2.14. The Kier molecular flexibility index (Phi) is 4.99. The van der Waals surface area contributed by atoms with E-state index in [2.05, 4.69) is 16.1 Å². The zero-order chi connectivity index (χ0) is 8.81.